The summed E-state index contributed by atoms with van der Waals surface area (Å²) in [5, 5.41) is 4.81. The quantitative estimate of drug-likeness (QED) is 0.498. The second-order valence-electron chi connectivity index (χ2n) is 3.52. The molecule has 0 unspecified atom stereocenters. The van der Waals surface area contributed by atoms with E-state index < -0.39 is 0 Å². The molecule has 0 spiro atoms. The monoisotopic (exact) mass is 264 g/mol. The van der Waals surface area contributed by atoms with Crippen molar-refractivity contribution < 1.29 is 0 Å². The minimum Gasteiger partial charge on any atom is -0.323 e. The molecule has 86 valence electrons. The van der Waals surface area contributed by atoms with Crippen molar-refractivity contribution in [2.45, 2.75) is 0 Å². The molecule has 2 rings (SSSR count). The van der Waals surface area contributed by atoms with Crippen molar-refractivity contribution >= 4 is 29.4 Å². The lowest BCUT2D eigenvalue weighted by atomic mass is 10.0. The summed E-state index contributed by atoms with van der Waals surface area (Å²) in [6, 6.07) is 13.1. The largest absolute Gasteiger partial charge is 0.323 e. The van der Waals surface area contributed by atoms with Crippen molar-refractivity contribution in [2.24, 2.45) is 10.9 Å². The molecule has 0 atom stereocenters. The van der Waals surface area contributed by atoms with Gasteiger partial charge in [-0.2, -0.15) is 5.10 Å². The lowest BCUT2D eigenvalue weighted by Gasteiger charge is -2.05. The minimum atomic E-state index is 0.664. The fraction of sp³-hybridized carbons (Fsp3) is 0. The van der Waals surface area contributed by atoms with Gasteiger partial charge in [0.25, 0.3) is 0 Å². The maximum atomic E-state index is 6.13. The molecule has 0 heterocycles. The van der Waals surface area contributed by atoms with E-state index in [4.69, 9.17) is 29.0 Å². The zero-order chi connectivity index (χ0) is 12.3. The van der Waals surface area contributed by atoms with E-state index in [0.29, 0.717) is 10.0 Å². The highest BCUT2D eigenvalue weighted by Crippen LogP contribution is 2.30. The van der Waals surface area contributed by atoms with Crippen molar-refractivity contribution in [1.82, 2.24) is 0 Å². The molecule has 0 amide bonds. The number of nitrogens with zero attached hydrogens (tertiary/aromatic N) is 1. The Balaban J connectivity index is 2.42. The summed E-state index contributed by atoms with van der Waals surface area (Å²) in [4.78, 5) is 0. The van der Waals surface area contributed by atoms with Gasteiger partial charge in [0.1, 0.15) is 0 Å². The predicted octanol–water partition coefficient (Wildman–Crippen LogP) is 3.95. The molecule has 2 N–H and O–H groups in total. The molecule has 4 heteroatoms. The van der Waals surface area contributed by atoms with Gasteiger partial charge >= 0.3 is 0 Å². The fourth-order valence-corrected chi connectivity index (χ4v) is 1.95. The number of hydrazone groups is 1. The van der Waals surface area contributed by atoms with Crippen LogP contribution in [-0.4, -0.2) is 6.21 Å². The molecule has 0 aromatic heterocycles. The van der Waals surface area contributed by atoms with Crippen LogP contribution in [0.1, 0.15) is 5.56 Å². The van der Waals surface area contributed by atoms with Crippen LogP contribution < -0.4 is 5.84 Å². The molecule has 0 fully saturated rings. The Morgan fingerprint density at radius 1 is 1.00 bits per heavy atom. The molecule has 0 aliphatic heterocycles. The number of nitrogens with two attached hydrogens (primary N) is 1. The second kappa shape index (κ2) is 5.21. The number of benzene rings is 2. The van der Waals surface area contributed by atoms with Crippen molar-refractivity contribution in [2.75, 3.05) is 0 Å². The van der Waals surface area contributed by atoms with Crippen LogP contribution in [-0.2, 0) is 0 Å². The van der Waals surface area contributed by atoms with Crippen LogP contribution in [0, 0.1) is 0 Å². The van der Waals surface area contributed by atoms with E-state index in [2.05, 4.69) is 5.10 Å². The molecular weight excluding hydrogens is 255 g/mol. The van der Waals surface area contributed by atoms with Crippen LogP contribution >= 0.6 is 23.2 Å². The van der Waals surface area contributed by atoms with E-state index >= 15 is 0 Å². The lowest BCUT2D eigenvalue weighted by Crippen LogP contribution is -1.86. The maximum absolute atomic E-state index is 6.13. The highest BCUT2D eigenvalue weighted by Gasteiger charge is 2.04. The van der Waals surface area contributed by atoms with Crippen molar-refractivity contribution in [3.8, 4) is 11.1 Å². The van der Waals surface area contributed by atoms with Gasteiger partial charge in [-0.3, -0.25) is 0 Å². The number of hydrogen-bond acceptors (Lipinski definition) is 2. The molecule has 0 bridgehead atoms. The predicted molar refractivity (Wildman–Crippen MR) is 73.7 cm³/mol. The van der Waals surface area contributed by atoms with Crippen molar-refractivity contribution in [3.63, 3.8) is 0 Å². The topological polar surface area (TPSA) is 38.4 Å². The highest BCUT2D eigenvalue weighted by molar-refractivity contribution is 6.35. The van der Waals surface area contributed by atoms with Crippen LogP contribution in [0.15, 0.2) is 47.6 Å². The Kier molecular flexibility index (Phi) is 3.67. The molecular formula is C13H10Cl2N2. The first-order chi connectivity index (χ1) is 8.20. The number of halogens is 2. The van der Waals surface area contributed by atoms with Gasteiger partial charge in [0.15, 0.2) is 0 Å². The van der Waals surface area contributed by atoms with E-state index in [9.17, 15) is 0 Å². The van der Waals surface area contributed by atoms with Gasteiger partial charge in [0.2, 0.25) is 0 Å². The summed E-state index contributed by atoms with van der Waals surface area (Å²) in [5.41, 5.74) is 2.86. The first-order valence-electron chi connectivity index (χ1n) is 4.99. The van der Waals surface area contributed by atoms with Crippen LogP contribution in [0.2, 0.25) is 10.0 Å². The summed E-state index contributed by atoms with van der Waals surface area (Å²) >= 11 is 12.1. The third-order valence-electron chi connectivity index (χ3n) is 2.37. The first-order valence-corrected chi connectivity index (χ1v) is 5.75. The molecule has 0 aliphatic rings. The normalized spacial score (nSPS) is 10.9. The molecule has 0 radical (unpaired) electrons. The van der Waals surface area contributed by atoms with Gasteiger partial charge in [-0.15, -0.1) is 0 Å². The van der Waals surface area contributed by atoms with E-state index in [1.165, 1.54) is 0 Å². The minimum absolute atomic E-state index is 0.664. The van der Waals surface area contributed by atoms with E-state index in [1.807, 2.05) is 30.3 Å². The molecule has 2 aromatic rings. The maximum Gasteiger partial charge on any atom is 0.0538 e. The Morgan fingerprint density at radius 3 is 2.35 bits per heavy atom. The summed E-state index contributed by atoms with van der Waals surface area (Å²) in [5.74, 6) is 5.08. The van der Waals surface area contributed by atoms with Gasteiger partial charge in [-0.25, -0.2) is 0 Å². The first kappa shape index (κ1) is 12.0. The molecule has 17 heavy (non-hydrogen) atoms. The van der Waals surface area contributed by atoms with Gasteiger partial charge in [0, 0.05) is 15.6 Å². The molecule has 0 saturated heterocycles. The van der Waals surface area contributed by atoms with E-state index in [-0.39, 0.29) is 0 Å². The van der Waals surface area contributed by atoms with E-state index in [0.717, 1.165) is 16.7 Å². The zero-order valence-electron chi connectivity index (χ0n) is 8.90. The van der Waals surface area contributed by atoms with Crippen LogP contribution in [0.3, 0.4) is 0 Å². The average molecular weight is 265 g/mol. The smallest absolute Gasteiger partial charge is 0.0538 e. The van der Waals surface area contributed by atoms with Crippen molar-refractivity contribution in [3.05, 3.63) is 58.1 Å². The van der Waals surface area contributed by atoms with Crippen LogP contribution in [0.5, 0.6) is 0 Å². The molecule has 0 saturated carbocycles. The molecule has 0 aliphatic carbocycles. The average Bonchev–Trinajstić information content (AvgIpc) is 2.34. The Bertz CT molecular complexity index is 548. The number of hydrogen-bond donors (Lipinski definition) is 1. The SMILES string of the molecule is N/N=C/c1ccc(-c2cc(Cl)ccc2Cl)cc1. The van der Waals surface area contributed by atoms with Crippen LogP contribution in [0.25, 0.3) is 11.1 Å². The summed E-state index contributed by atoms with van der Waals surface area (Å²) in [7, 11) is 0. The highest BCUT2D eigenvalue weighted by atomic mass is 35.5. The lowest BCUT2D eigenvalue weighted by molar-refractivity contribution is 1.26. The van der Waals surface area contributed by atoms with Crippen LogP contribution in [0.4, 0.5) is 0 Å². The van der Waals surface area contributed by atoms with E-state index in [1.54, 1.807) is 18.3 Å². The Labute approximate surface area is 110 Å². The summed E-state index contributed by atoms with van der Waals surface area (Å²) in [6.45, 7) is 0. The Hall–Kier alpha value is -1.51. The summed E-state index contributed by atoms with van der Waals surface area (Å²) < 4.78 is 0. The standard InChI is InChI=1S/C13H10Cl2N2/c14-11-5-6-13(15)12(7-11)10-3-1-9(2-4-10)8-17-16/h1-8H,16H2/b17-8+. The fourth-order valence-electron chi connectivity index (χ4n) is 1.55. The molecule has 2 nitrogen and oxygen atoms in total. The zero-order valence-corrected chi connectivity index (χ0v) is 10.4. The third kappa shape index (κ3) is 2.78. The van der Waals surface area contributed by atoms with Gasteiger partial charge < -0.3 is 5.84 Å². The van der Waals surface area contributed by atoms with Crippen molar-refractivity contribution in [1.29, 1.82) is 0 Å². The summed E-state index contributed by atoms with van der Waals surface area (Å²) in [6.07, 6.45) is 1.59. The second-order valence-corrected chi connectivity index (χ2v) is 4.37. The van der Waals surface area contributed by atoms with Gasteiger partial charge in [-0.1, -0.05) is 47.5 Å². The third-order valence-corrected chi connectivity index (χ3v) is 2.94. The number of rotatable bonds is 2. The molecule has 2 aromatic carbocycles. The van der Waals surface area contributed by atoms with Gasteiger partial charge in [-0.05, 0) is 29.3 Å². The van der Waals surface area contributed by atoms with Gasteiger partial charge in [0.05, 0.1) is 6.21 Å². The Morgan fingerprint density at radius 2 is 1.71 bits per heavy atom.